The fourth-order valence-electron chi connectivity index (χ4n) is 2.74. The largest absolute Gasteiger partial charge is 0.447 e. The van der Waals surface area contributed by atoms with E-state index in [1.165, 1.54) is 18.5 Å². The number of amides is 1. The lowest BCUT2D eigenvalue weighted by molar-refractivity contribution is 0.0737. The van der Waals surface area contributed by atoms with Crippen LogP contribution < -0.4 is 0 Å². The molecule has 122 valence electrons. The van der Waals surface area contributed by atoms with Crippen molar-refractivity contribution in [2.45, 2.75) is 45.1 Å². The summed E-state index contributed by atoms with van der Waals surface area (Å²) in [6.45, 7) is 4.52. The van der Waals surface area contributed by atoms with E-state index in [1.54, 1.807) is 6.07 Å². The van der Waals surface area contributed by atoms with Gasteiger partial charge in [-0.05, 0) is 37.0 Å². The minimum atomic E-state index is -0.245. The molecule has 0 unspecified atom stereocenters. The summed E-state index contributed by atoms with van der Waals surface area (Å²) in [7, 11) is 0. The molecule has 1 saturated carbocycles. The van der Waals surface area contributed by atoms with Crippen molar-refractivity contribution in [3.05, 3.63) is 53.5 Å². The average molecular weight is 316 g/mol. The van der Waals surface area contributed by atoms with Crippen LogP contribution in [0.15, 0.2) is 35.1 Å². The van der Waals surface area contributed by atoms with E-state index in [1.807, 2.05) is 24.8 Å². The van der Waals surface area contributed by atoms with E-state index in [-0.39, 0.29) is 23.7 Å². The highest BCUT2D eigenvalue weighted by atomic mass is 19.1. The zero-order chi connectivity index (χ0) is 16.4. The molecule has 23 heavy (non-hydrogen) atoms. The Morgan fingerprint density at radius 1 is 1.43 bits per heavy atom. The van der Waals surface area contributed by atoms with Gasteiger partial charge in [-0.3, -0.25) is 4.79 Å². The molecule has 0 bridgehead atoms. The SMILES string of the molecule is CC(C)c1ocnc1C(=O)N(CCc1cccc(F)c1)C1CC1. The molecule has 3 rings (SSSR count). The molecule has 0 N–H and O–H groups in total. The van der Waals surface area contributed by atoms with Crippen LogP contribution in [0.4, 0.5) is 4.39 Å². The second-order valence-corrected chi connectivity index (χ2v) is 6.33. The van der Waals surface area contributed by atoms with E-state index < -0.39 is 0 Å². The third kappa shape index (κ3) is 3.60. The monoisotopic (exact) mass is 316 g/mol. The summed E-state index contributed by atoms with van der Waals surface area (Å²) in [4.78, 5) is 18.8. The van der Waals surface area contributed by atoms with Gasteiger partial charge in [0.05, 0.1) is 0 Å². The molecule has 0 aliphatic heterocycles. The van der Waals surface area contributed by atoms with Crippen molar-refractivity contribution in [2.24, 2.45) is 0 Å². The fourth-order valence-corrected chi connectivity index (χ4v) is 2.74. The Balaban J connectivity index is 1.74. The minimum absolute atomic E-state index is 0.0821. The molecule has 0 saturated heterocycles. The van der Waals surface area contributed by atoms with Crippen LogP contribution in [0.25, 0.3) is 0 Å². The molecule has 1 fully saturated rings. The highest BCUT2D eigenvalue weighted by Gasteiger charge is 2.35. The second kappa shape index (κ2) is 6.52. The highest BCUT2D eigenvalue weighted by molar-refractivity contribution is 5.93. The molecule has 1 amide bonds. The number of halogens is 1. The molecule has 4 nitrogen and oxygen atoms in total. The number of carbonyl (C=O) groups excluding carboxylic acids is 1. The topological polar surface area (TPSA) is 46.3 Å². The summed E-state index contributed by atoms with van der Waals surface area (Å²) >= 11 is 0. The van der Waals surface area contributed by atoms with Crippen LogP contribution in [0.5, 0.6) is 0 Å². The van der Waals surface area contributed by atoms with E-state index in [9.17, 15) is 9.18 Å². The van der Waals surface area contributed by atoms with Crippen LogP contribution in [0.1, 0.15) is 54.4 Å². The van der Waals surface area contributed by atoms with Crippen molar-refractivity contribution in [3.8, 4) is 0 Å². The van der Waals surface area contributed by atoms with Gasteiger partial charge in [0.25, 0.3) is 5.91 Å². The standard InChI is InChI=1S/C18H21FN2O2/c1-12(2)17-16(20-11-23-17)18(22)21(15-6-7-15)9-8-13-4-3-5-14(19)10-13/h3-5,10-12,15H,6-9H2,1-2H3. The third-order valence-electron chi connectivity index (χ3n) is 4.10. The first-order valence-corrected chi connectivity index (χ1v) is 8.05. The molecule has 5 heteroatoms. The van der Waals surface area contributed by atoms with Crippen LogP contribution in [0.2, 0.25) is 0 Å². The Morgan fingerprint density at radius 3 is 2.87 bits per heavy atom. The Labute approximate surface area is 135 Å². The number of hydrogen-bond acceptors (Lipinski definition) is 3. The molecule has 0 atom stereocenters. The van der Waals surface area contributed by atoms with Crippen molar-refractivity contribution in [1.82, 2.24) is 9.88 Å². The Kier molecular flexibility index (Phi) is 4.46. The van der Waals surface area contributed by atoms with E-state index in [0.29, 0.717) is 24.4 Å². The average Bonchev–Trinajstić information content (AvgIpc) is 3.22. The Bertz CT molecular complexity index is 692. The smallest absolute Gasteiger partial charge is 0.276 e. The first-order chi connectivity index (χ1) is 11.1. The maximum absolute atomic E-state index is 13.3. The van der Waals surface area contributed by atoms with Gasteiger partial charge in [-0.15, -0.1) is 0 Å². The van der Waals surface area contributed by atoms with Gasteiger partial charge in [0.1, 0.15) is 11.6 Å². The van der Waals surface area contributed by atoms with Crippen LogP contribution in [-0.2, 0) is 6.42 Å². The molecule has 1 aliphatic carbocycles. The van der Waals surface area contributed by atoms with Gasteiger partial charge < -0.3 is 9.32 Å². The van der Waals surface area contributed by atoms with Crippen molar-refractivity contribution in [2.75, 3.05) is 6.54 Å². The van der Waals surface area contributed by atoms with Crippen LogP contribution in [0, 0.1) is 5.82 Å². The lowest BCUT2D eigenvalue weighted by Gasteiger charge is -2.22. The number of oxazole rings is 1. The van der Waals surface area contributed by atoms with E-state index in [0.717, 1.165) is 18.4 Å². The highest BCUT2D eigenvalue weighted by Crippen LogP contribution is 2.30. The van der Waals surface area contributed by atoms with Gasteiger partial charge in [-0.1, -0.05) is 26.0 Å². The molecule has 1 aromatic heterocycles. The molecular formula is C18H21FN2O2. The summed E-state index contributed by atoms with van der Waals surface area (Å²) in [5.41, 5.74) is 1.30. The van der Waals surface area contributed by atoms with Crippen molar-refractivity contribution < 1.29 is 13.6 Å². The van der Waals surface area contributed by atoms with Gasteiger partial charge in [0, 0.05) is 18.5 Å². The molecule has 1 aromatic carbocycles. The predicted octanol–water partition coefficient (Wildman–Crippen LogP) is 3.78. The van der Waals surface area contributed by atoms with Gasteiger partial charge in [0.2, 0.25) is 0 Å². The summed E-state index contributed by atoms with van der Waals surface area (Å²) in [6.07, 6.45) is 4.00. The molecule has 1 heterocycles. The van der Waals surface area contributed by atoms with E-state index >= 15 is 0 Å². The first kappa shape index (κ1) is 15.7. The quantitative estimate of drug-likeness (QED) is 0.814. The third-order valence-corrected chi connectivity index (χ3v) is 4.10. The normalized spacial score (nSPS) is 14.3. The van der Waals surface area contributed by atoms with E-state index in [4.69, 9.17) is 4.42 Å². The summed E-state index contributed by atoms with van der Waals surface area (Å²) < 4.78 is 18.7. The maximum Gasteiger partial charge on any atom is 0.276 e. The lowest BCUT2D eigenvalue weighted by atomic mass is 10.1. The predicted molar refractivity (Wildman–Crippen MR) is 84.8 cm³/mol. The zero-order valence-electron chi connectivity index (χ0n) is 13.5. The van der Waals surface area contributed by atoms with Crippen molar-refractivity contribution in [1.29, 1.82) is 0 Å². The van der Waals surface area contributed by atoms with E-state index in [2.05, 4.69) is 4.98 Å². The van der Waals surface area contributed by atoms with Crippen molar-refractivity contribution in [3.63, 3.8) is 0 Å². The maximum atomic E-state index is 13.3. The van der Waals surface area contributed by atoms with Gasteiger partial charge in [0.15, 0.2) is 12.1 Å². The summed E-state index contributed by atoms with van der Waals surface area (Å²) in [5.74, 6) is 0.416. The van der Waals surface area contributed by atoms with Crippen LogP contribution in [0.3, 0.4) is 0 Å². The Morgan fingerprint density at radius 2 is 2.22 bits per heavy atom. The molecule has 2 aromatic rings. The lowest BCUT2D eigenvalue weighted by Crippen LogP contribution is -2.35. The number of aromatic nitrogens is 1. The molecule has 1 aliphatic rings. The van der Waals surface area contributed by atoms with Crippen LogP contribution >= 0.6 is 0 Å². The Hall–Kier alpha value is -2.17. The van der Waals surface area contributed by atoms with Gasteiger partial charge in [-0.25, -0.2) is 9.37 Å². The molecule has 0 spiro atoms. The zero-order valence-corrected chi connectivity index (χ0v) is 13.5. The number of hydrogen-bond donors (Lipinski definition) is 0. The van der Waals surface area contributed by atoms with Gasteiger partial charge >= 0.3 is 0 Å². The molecular weight excluding hydrogens is 295 g/mol. The number of nitrogens with zero attached hydrogens (tertiary/aromatic N) is 2. The van der Waals surface area contributed by atoms with Crippen molar-refractivity contribution >= 4 is 5.91 Å². The van der Waals surface area contributed by atoms with Gasteiger partial charge in [-0.2, -0.15) is 0 Å². The van der Waals surface area contributed by atoms with Crippen LogP contribution in [-0.4, -0.2) is 28.4 Å². The number of carbonyl (C=O) groups is 1. The number of benzene rings is 1. The summed E-state index contributed by atoms with van der Waals surface area (Å²) in [5, 5.41) is 0. The second-order valence-electron chi connectivity index (χ2n) is 6.33. The minimum Gasteiger partial charge on any atom is -0.447 e. The number of rotatable bonds is 6. The molecule has 0 radical (unpaired) electrons. The first-order valence-electron chi connectivity index (χ1n) is 8.05. The summed E-state index contributed by atoms with van der Waals surface area (Å²) in [6, 6.07) is 6.80. The fraction of sp³-hybridized carbons (Fsp3) is 0.444.